The number of para-hydroxylation sites is 1. The summed E-state index contributed by atoms with van der Waals surface area (Å²) in [5.74, 6) is -1.05. The van der Waals surface area contributed by atoms with Gasteiger partial charge in [-0.1, -0.05) is 58.5 Å². The second kappa shape index (κ2) is 7.73. The smallest absolute Gasteiger partial charge is 0.257 e. The lowest BCUT2D eigenvalue weighted by Gasteiger charge is -2.23. The number of aliphatic imine (C=N–C) groups is 1. The minimum absolute atomic E-state index is 0.277. The first kappa shape index (κ1) is 18.2. The number of thiocarbonyl (C=S) groups is 1. The standard InChI is InChI=1S/C20H14BrN3OS/c1-12-17(19(25)24-15-5-3-2-4-6-15)18(16(11-22)20(26)23-12)13-7-9-14(21)10-8-13/h2-10,16H,1H3,(H,24,25). The molecule has 0 aliphatic carbocycles. The zero-order valence-electron chi connectivity index (χ0n) is 13.9. The van der Waals surface area contributed by atoms with E-state index in [2.05, 4.69) is 32.3 Å². The summed E-state index contributed by atoms with van der Waals surface area (Å²) in [7, 11) is 0. The summed E-state index contributed by atoms with van der Waals surface area (Å²) in [4.78, 5) is 17.5. The topological polar surface area (TPSA) is 65.2 Å². The molecule has 1 aliphatic heterocycles. The van der Waals surface area contributed by atoms with Crippen LogP contribution in [-0.2, 0) is 4.79 Å². The molecule has 26 heavy (non-hydrogen) atoms. The molecule has 0 aromatic heterocycles. The summed E-state index contributed by atoms with van der Waals surface area (Å²) >= 11 is 8.69. The van der Waals surface area contributed by atoms with E-state index in [1.165, 1.54) is 0 Å². The second-order valence-electron chi connectivity index (χ2n) is 5.71. The van der Waals surface area contributed by atoms with Crippen LogP contribution in [0.4, 0.5) is 5.69 Å². The highest BCUT2D eigenvalue weighted by Crippen LogP contribution is 2.34. The van der Waals surface area contributed by atoms with Gasteiger partial charge in [0, 0.05) is 10.2 Å². The first-order valence-corrected chi connectivity index (χ1v) is 9.07. The van der Waals surface area contributed by atoms with E-state index in [-0.39, 0.29) is 10.9 Å². The number of carbonyl (C=O) groups is 1. The average Bonchev–Trinajstić information content (AvgIpc) is 2.62. The van der Waals surface area contributed by atoms with Crippen molar-refractivity contribution in [3.05, 3.63) is 70.2 Å². The van der Waals surface area contributed by atoms with Gasteiger partial charge in [0.2, 0.25) is 0 Å². The van der Waals surface area contributed by atoms with Crippen LogP contribution in [0.5, 0.6) is 0 Å². The van der Waals surface area contributed by atoms with Crippen LogP contribution in [0, 0.1) is 17.2 Å². The predicted octanol–water partition coefficient (Wildman–Crippen LogP) is 4.78. The van der Waals surface area contributed by atoms with Crippen molar-refractivity contribution in [3.8, 4) is 6.07 Å². The molecule has 0 radical (unpaired) electrons. The summed E-state index contributed by atoms with van der Waals surface area (Å²) in [5.41, 5.74) is 2.93. The van der Waals surface area contributed by atoms with E-state index in [9.17, 15) is 10.1 Å². The maximum Gasteiger partial charge on any atom is 0.257 e. The fourth-order valence-electron chi connectivity index (χ4n) is 2.81. The van der Waals surface area contributed by atoms with Crippen molar-refractivity contribution in [2.24, 2.45) is 10.9 Å². The van der Waals surface area contributed by atoms with Crippen molar-refractivity contribution < 1.29 is 4.79 Å². The SMILES string of the molecule is CC1=NC(=S)C(C#N)C(c2ccc(Br)cc2)=C1C(=O)Nc1ccccc1. The Labute approximate surface area is 165 Å². The van der Waals surface area contributed by atoms with Crippen molar-refractivity contribution in [1.82, 2.24) is 0 Å². The summed E-state index contributed by atoms with van der Waals surface area (Å²) in [6.07, 6.45) is 0. The Morgan fingerprint density at radius 3 is 2.46 bits per heavy atom. The summed E-state index contributed by atoms with van der Waals surface area (Å²) in [6, 6.07) is 18.8. The van der Waals surface area contributed by atoms with E-state index < -0.39 is 5.92 Å². The summed E-state index contributed by atoms with van der Waals surface area (Å²) < 4.78 is 0.911. The fourth-order valence-corrected chi connectivity index (χ4v) is 3.38. The number of rotatable bonds is 3. The zero-order valence-corrected chi connectivity index (χ0v) is 16.3. The molecular weight excluding hydrogens is 410 g/mol. The Morgan fingerprint density at radius 2 is 1.85 bits per heavy atom. The van der Waals surface area contributed by atoms with Crippen LogP contribution < -0.4 is 5.32 Å². The number of hydrogen-bond donors (Lipinski definition) is 1. The van der Waals surface area contributed by atoms with Gasteiger partial charge in [0.25, 0.3) is 5.91 Å². The number of nitriles is 1. The summed E-state index contributed by atoms with van der Waals surface area (Å²) in [5, 5.41) is 12.5. The largest absolute Gasteiger partial charge is 0.322 e. The Kier molecular flexibility index (Phi) is 5.40. The third-order valence-corrected chi connectivity index (χ3v) is 4.84. The first-order chi connectivity index (χ1) is 12.5. The molecule has 128 valence electrons. The van der Waals surface area contributed by atoms with Crippen LogP contribution in [0.2, 0.25) is 0 Å². The number of halogens is 1. The Bertz CT molecular complexity index is 972. The van der Waals surface area contributed by atoms with Crippen LogP contribution in [0.1, 0.15) is 12.5 Å². The van der Waals surface area contributed by atoms with E-state index >= 15 is 0 Å². The molecule has 1 unspecified atom stereocenters. The van der Waals surface area contributed by atoms with Gasteiger partial charge in [0.15, 0.2) is 0 Å². The van der Waals surface area contributed by atoms with Gasteiger partial charge in [-0.3, -0.25) is 4.79 Å². The maximum atomic E-state index is 13.0. The molecule has 6 heteroatoms. The van der Waals surface area contributed by atoms with Gasteiger partial charge < -0.3 is 5.32 Å². The quantitative estimate of drug-likeness (QED) is 0.721. The lowest BCUT2D eigenvalue weighted by molar-refractivity contribution is -0.112. The minimum Gasteiger partial charge on any atom is -0.322 e. The van der Waals surface area contributed by atoms with Gasteiger partial charge >= 0.3 is 0 Å². The molecule has 0 spiro atoms. The maximum absolute atomic E-state index is 13.0. The number of nitrogens with zero attached hydrogens (tertiary/aromatic N) is 2. The average molecular weight is 424 g/mol. The number of nitrogens with one attached hydrogen (secondary N) is 1. The van der Waals surface area contributed by atoms with Crippen molar-refractivity contribution in [2.45, 2.75) is 6.92 Å². The molecule has 1 heterocycles. The Hall–Kier alpha value is -2.62. The normalized spacial score (nSPS) is 16.7. The van der Waals surface area contributed by atoms with Gasteiger partial charge in [-0.25, -0.2) is 4.99 Å². The highest BCUT2D eigenvalue weighted by Gasteiger charge is 2.32. The number of anilines is 1. The molecule has 1 amide bonds. The van der Waals surface area contributed by atoms with E-state index in [4.69, 9.17) is 12.2 Å². The van der Waals surface area contributed by atoms with E-state index in [1.54, 1.807) is 19.1 Å². The van der Waals surface area contributed by atoms with Crippen molar-refractivity contribution in [1.29, 1.82) is 5.26 Å². The Balaban J connectivity index is 2.14. The van der Waals surface area contributed by atoms with E-state index in [0.717, 1.165) is 10.0 Å². The minimum atomic E-state index is -0.744. The Morgan fingerprint density at radius 1 is 1.19 bits per heavy atom. The number of carbonyl (C=O) groups excluding carboxylic acids is 1. The van der Waals surface area contributed by atoms with Gasteiger partial charge in [-0.2, -0.15) is 5.26 Å². The third kappa shape index (κ3) is 3.64. The van der Waals surface area contributed by atoms with E-state index in [0.29, 0.717) is 22.5 Å². The molecule has 0 saturated carbocycles. The second-order valence-corrected chi connectivity index (χ2v) is 7.05. The highest BCUT2D eigenvalue weighted by molar-refractivity contribution is 9.10. The predicted molar refractivity (Wildman–Crippen MR) is 111 cm³/mol. The van der Waals surface area contributed by atoms with Crippen LogP contribution in [-0.4, -0.2) is 16.6 Å². The van der Waals surface area contributed by atoms with E-state index in [1.807, 2.05) is 42.5 Å². The third-order valence-electron chi connectivity index (χ3n) is 3.99. The number of hydrogen-bond acceptors (Lipinski definition) is 3. The van der Waals surface area contributed by atoms with Gasteiger partial charge in [-0.15, -0.1) is 0 Å². The highest BCUT2D eigenvalue weighted by atomic mass is 79.9. The monoisotopic (exact) mass is 423 g/mol. The lowest BCUT2D eigenvalue weighted by Crippen LogP contribution is -2.28. The molecule has 4 nitrogen and oxygen atoms in total. The van der Waals surface area contributed by atoms with Crippen molar-refractivity contribution in [2.75, 3.05) is 5.32 Å². The lowest BCUT2D eigenvalue weighted by atomic mass is 9.85. The zero-order chi connectivity index (χ0) is 18.7. The number of benzene rings is 2. The van der Waals surface area contributed by atoms with Gasteiger partial charge in [-0.05, 0) is 42.3 Å². The summed E-state index contributed by atoms with van der Waals surface area (Å²) in [6.45, 7) is 1.73. The first-order valence-electron chi connectivity index (χ1n) is 7.87. The van der Waals surface area contributed by atoms with Crippen molar-refractivity contribution in [3.63, 3.8) is 0 Å². The number of amides is 1. The van der Waals surface area contributed by atoms with Crippen LogP contribution >= 0.6 is 28.1 Å². The molecule has 1 N–H and O–H groups in total. The van der Waals surface area contributed by atoms with Crippen LogP contribution in [0.25, 0.3) is 5.57 Å². The fraction of sp³-hybridized carbons (Fsp3) is 0.100. The molecule has 1 aliphatic rings. The molecular formula is C20H14BrN3OS. The molecule has 2 aromatic carbocycles. The molecule has 0 saturated heterocycles. The molecule has 0 fully saturated rings. The molecule has 1 atom stereocenters. The van der Waals surface area contributed by atoms with Gasteiger partial charge in [0.05, 0.1) is 17.4 Å². The van der Waals surface area contributed by atoms with Crippen LogP contribution in [0.3, 0.4) is 0 Å². The van der Waals surface area contributed by atoms with Crippen LogP contribution in [0.15, 0.2) is 69.6 Å². The van der Waals surface area contributed by atoms with Crippen molar-refractivity contribution >= 4 is 56.0 Å². The molecule has 3 rings (SSSR count). The molecule has 0 bridgehead atoms. The molecule has 2 aromatic rings. The van der Waals surface area contributed by atoms with Gasteiger partial charge in [0.1, 0.15) is 10.9 Å². The number of dihydropyridines is 1.